The van der Waals surface area contributed by atoms with Crippen molar-refractivity contribution in [3.8, 4) is 11.1 Å². The predicted molar refractivity (Wildman–Crippen MR) is 115 cm³/mol. The van der Waals surface area contributed by atoms with Crippen LogP contribution in [0.25, 0.3) is 11.1 Å². The third kappa shape index (κ3) is 4.67. The van der Waals surface area contributed by atoms with Gasteiger partial charge in [-0.15, -0.1) is 0 Å². The summed E-state index contributed by atoms with van der Waals surface area (Å²) < 4.78 is 5.62. The lowest BCUT2D eigenvalue weighted by molar-refractivity contribution is -0.123. The van der Waals surface area contributed by atoms with Crippen molar-refractivity contribution in [1.29, 1.82) is 0 Å². The maximum Gasteiger partial charge on any atom is 0.253 e. The number of rotatable bonds is 4. The van der Waals surface area contributed by atoms with Crippen LogP contribution in [0.15, 0.2) is 42.5 Å². The van der Waals surface area contributed by atoms with E-state index >= 15 is 0 Å². The van der Waals surface area contributed by atoms with Crippen LogP contribution in [-0.2, 0) is 20.9 Å². The molecular formula is C24H28N2O3. The standard InChI is InChI=1S/C24H28N2O3/c1-17(27)25-22-9-5-8-19(12-22)20-10-11-21-15-29-16-24(28)26(23(21)13-20)14-18-6-3-2-4-7-18/h5,8-13,18H,2-4,6-7,14-16H2,1H3,(H,25,27). The number of nitrogens with zero attached hydrogens (tertiary/aromatic N) is 1. The molecule has 1 fully saturated rings. The van der Waals surface area contributed by atoms with Gasteiger partial charge in [-0.25, -0.2) is 0 Å². The van der Waals surface area contributed by atoms with Gasteiger partial charge in [0.15, 0.2) is 0 Å². The minimum Gasteiger partial charge on any atom is -0.367 e. The summed E-state index contributed by atoms with van der Waals surface area (Å²) in [5.41, 5.74) is 4.81. The summed E-state index contributed by atoms with van der Waals surface area (Å²) in [6, 6.07) is 14.0. The van der Waals surface area contributed by atoms with Crippen LogP contribution in [-0.4, -0.2) is 25.0 Å². The molecule has 1 aliphatic heterocycles. The second kappa shape index (κ2) is 8.78. The molecule has 1 saturated carbocycles. The van der Waals surface area contributed by atoms with E-state index in [9.17, 15) is 9.59 Å². The Balaban J connectivity index is 1.66. The fraction of sp³-hybridized carbons (Fsp3) is 0.417. The Morgan fingerprint density at radius 3 is 2.66 bits per heavy atom. The Labute approximate surface area is 172 Å². The van der Waals surface area contributed by atoms with Crippen molar-refractivity contribution in [2.24, 2.45) is 5.92 Å². The minimum atomic E-state index is -0.0921. The lowest BCUT2D eigenvalue weighted by Crippen LogP contribution is -2.37. The number of benzene rings is 2. The molecule has 0 saturated heterocycles. The van der Waals surface area contributed by atoms with Gasteiger partial charge in [-0.05, 0) is 48.1 Å². The molecular weight excluding hydrogens is 364 g/mol. The van der Waals surface area contributed by atoms with Crippen LogP contribution in [0.4, 0.5) is 11.4 Å². The van der Waals surface area contributed by atoms with Crippen LogP contribution in [0.3, 0.4) is 0 Å². The van der Waals surface area contributed by atoms with Gasteiger partial charge in [-0.3, -0.25) is 9.59 Å². The van der Waals surface area contributed by atoms with E-state index in [1.54, 1.807) is 0 Å². The third-order valence-electron chi connectivity index (χ3n) is 5.84. The van der Waals surface area contributed by atoms with Crippen molar-refractivity contribution >= 4 is 23.2 Å². The molecule has 0 spiro atoms. The zero-order valence-electron chi connectivity index (χ0n) is 16.9. The molecule has 2 aliphatic rings. The van der Waals surface area contributed by atoms with Crippen LogP contribution in [0.5, 0.6) is 0 Å². The molecule has 1 aliphatic carbocycles. The molecule has 1 N–H and O–H groups in total. The first-order valence-corrected chi connectivity index (χ1v) is 10.5. The number of carbonyl (C=O) groups excluding carboxylic acids is 2. The molecule has 0 unspecified atom stereocenters. The Bertz CT molecular complexity index is 903. The van der Waals surface area contributed by atoms with E-state index in [2.05, 4.69) is 23.5 Å². The summed E-state index contributed by atoms with van der Waals surface area (Å²) in [6.45, 7) is 2.86. The minimum absolute atomic E-state index is 0.0403. The molecule has 1 heterocycles. The highest BCUT2D eigenvalue weighted by molar-refractivity contribution is 5.96. The molecule has 0 atom stereocenters. The number of anilines is 2. The van der Waals surface area contributed by atoms with Gasteiger partial charge in [0.2, 0.25) is 5.91 Å². The Morgan fingerprint density at radius 2 is 1.86 bits per heavy atom. The normalized spacial score (nSPS) is 17.6. The molecule has 2 aromatic carbocycles. The molecule has 152 valence electrons. The quantitative estimate of drug-likeness (QED) is 0.816. The summed E-state index contributed by atoms with van der Waals surface area (Å²) >= 11 is 0. The highest BCUT2D eigenvalue weighted by atomic mass is 16.5. The highest BCUT2D eigenvalue weighted by Crippen LogP contribution is 2.34. The zero-order valence-corrected chi connectivity index (χ0v) is 16.9. The number of amides is 2. The van der Waals surface area contributed by atoms with E-state index in [0.717, 1.165) is 34.6 Å². The number of ether oxygens (including phenoxy) is 1. The van der Waals surface area contributed by atoms with E-state index in [4.69, 9.17) is 4.74 Å². The summed E-state index contributed by atoms with van der Waals surface area (Å²) in [5.74, 6) is 0.509. The molecule has 5 heteroatoms. The first-order valence-electron chi connectivity index (χ1n) is 10.5. The van der Waals surface area contributed by atoms with E-state index in [0.29, 0.717) is 12.5 Å². The second-order valence-corrected chi connectivity index (χ2v) is 8.11. The SMILES string of the molecule is CC(=O)Nc1cccc(-c2ccc3c(c2)N(CC2CCCCC2)C(=O)COC3)c1. The van der Waals surface area contributed by atoms with Crippen LogP contribution in [0, 0.1) is 5.92 Å². The lowest BCUT2D eigenvalue weighted by atomic mass is 9.88. The molecule has 29 heavy (non-hydrogen) atoms. The van der Waals surface area contributed by atoms with Crippen molar-refractivity contribution in [2.45, 2.75) is 45.6 Å². The van der Waals surface area contributed by atoms with E-state index in [1.807, 2.05) is 29.2 Å². The molecule has 2 amide bonds. The van der Waals surface area contributed by atoms with Gasteiger partial charge < -0.3 is 15.0 Å². The molecule has 5 nitrogen and oxygen atoms in total. The average Bonchev–Trinajstić information content (AvgIpc) is 2.87. The van der Waals surface area contributed by atoms with Crippen molar-refractivity contribution in [1.82, 2.24) is 0 Å². The Kier molecular flexibility index (Phi) is 5.95. The highest BCUT2D eigenvalue weighted by Gasteiger charge is 2.26. The van der Waals surface area contributed by atoms with Gasteiger partial charge in [0.25, 0.3) is 5.91 Å². The second-order valence-electron chi connectivity index (χ2n) is 8.11. The van der Waals surface area contributed by atoms with Crippen LogP contribution in [0.1, 0.15) is 44.6 Å². The van der Waals surface area contributed by atoms with Crippen LogP contribution >= 0.6 is 0 Å². The summed E-state index contributed by atoms with van der Waals surface area (Å²) in [6.07, 6.45) is 6.20. The fourth-order valence-electron chi connectivity index (χ4n) is 4.39. The molecule has 0 bridgehead atoms. The van der Waals surface area contributed by atoms with Gasteiger partial charge in [0.1, 0.15) is 6.61 Å². The first kappa shape index (κ1) is 19.6. The van der Waals surface area contributed by atoms with E-state index in [1.165, 1.54) is 39.0 Å². The van der Waals surface area contributed by atoms with E-state index < -0.39 is 0 Å². The third-order valence-corrected chi connectivity index (χ3v) is 5.84. The smallest absolute Gasteiger partial charge is 0.253 e. The van der Waals surface area contributed by atoms with Crippen LogP contribution < -0.4 is 10.2 Å². The topological polar surface area (TPSA) is 58.6 Å². The maximum atomic E-state index is 12.8. The lowest BCUT2D eigenvalue weighted by Gasteiger charge is -2.30. The van der Waals surface area contributed by atoms with Gasteiger partial charge in [0, 0.05) is 30.4 Å². The van der Waals surface area contributed by atoms with Gasteiger partial charge in [0.05, 0.1) is 6.61 Å². The fourth-order valence-corrected chi connectivity index (χ4v) is 4.39. The molecule has 4 rings (SSSR count). The summed E-state index contributed by atoms with van der Waals surface area (Å²) in [5, 5.41) is 2.83. The van der Waals surface area contributed by atoms with Crippen molar-refractivity contribution in [3.63, 3.8) is 0 Å². The molecule has 2 aromatic rings. The zero-order chi connectivity index (χ0) is 20.2. The predicted octanol–water partition coefficient (Wildman–Crippen LogP) is 4.76. The van der Waals surface area contributed by atoms with Crippen molar-refractivity contribution in [2.75, 3.05) is 23.4 Å². The Morgan fingerprint density at radius 1 is 1.07 bits per heavy atom. The van der Waals surface area contributed by atoms with Gasteiger partial charge in [-0.1, -0.05) is 43.5 Å². The molecule has 0 aromatic heterocycles. The van der Waals surface area contributed by atoms with Crippen molar-refractivity contribution < 1.29 is 14.3 Å². The van der Waals surface area contributed by atoms with Gasteiger partial charge >= 0.3 is 0 Å². The number of hydrogen-bond donors (Lipinski definition) is 1. The molecule has 0 radical (unpaired) electrons. The number of nitrogens with one attached hydrogen (secondary N) is 1. The van der Waals surface area contributed by atoms with E-state index in [-0.39, 0.29) is 18.4 Å². The van der Waals surface area contributed by atoms with Gasteiger partial charge in [-0.2, -0.15) is 0 Å². The monoisotopic (exact) mass is 392 g/mol. The number of hydrogen-bond acceptors (Lipinski definition) is 3. The Hall–Kier alpha value is -2.66. The average molecular weight is 392 g/mol. The summed E-state index contributed by atoms with van der Waals surface area (Å²) in [7, 11) is 0. The maximum absolute atomic E-state index is 12.8. The number of fused-ring (bicyclic) bond motifs is 1. The first-order chi connectivity index (χ1) is 14.1. The summed E-state index contributed by atoms with van der Waals surface area (Å²) in [4.78, 5) is 26.2. The number of carbonyl (C=O) groups is 2. The van der Waals surface area contributed by atoms with Crippen LogP contribution in [0.2, 0.25) is 0 Å². The largest absolute Gasteiger partial charge is 0.367 e. The van der Waals surface area contributed by atoms with Crippen molar-refractivity contribution in [3.05, 3.63) is 48.0 Å².